The fourth-order valence-electron chi connectivity index (χ4n) is 2.48. The molecular weight excluding hydrogens is 484 g/mol. The molecule has 188 valence electrons. The van der Waals surface area contributed by atoms with Crippen LogP contribution in [-0.4, -0.2) is 29.8 Å². The van der Waals surface area contributed by atoms with Crippen molar-refractivity contribution < 1.29 is 47.7 Å². The summed E-state index contributed by atoms with van der Waals surface area (Å²) in [6.45, 7) is 13.2. The first-order chi connectivity index (χ1) is 17.6. The van der Waals surface area contributed by atoms with Gasteiger partial charge in [-0.05, 0) is 23.8 Å². The number of benzene rings is 2. The Labute approximate surface area is 211 Å². The average molecular weight is 504 g/mol. The molecule has 0 N–H and O–H groups in total. The fourth-order valence-corrected chi connectivity index (χ4v) is 2.48. The van der Waals surface area contributed by atoms with Gasteiger partial charge in [-0.3, -0.25) is 0 Å². The van der Waals surface area contributed by atoms with Crippen LogP contribution in [0.2, 0.25) is 0 Å². The molecule has 0 heterocycles. The Morgan fingerprint density at radius 2 is 0.730 bits per heavy atom. The van der Waals surface area contributed by atoms with Crippen molar-refractivity contribution in [1.29, 1.82) is 0 Å². The Morgan fingerprint density at radius 1 is 0.459 bits per heavy atom. The van der Waals surface area contributed by atoms with Crippen molar-refractivity contribution >= 4 is 35.9 Å². The number of rotatable bonds is 11. The highest BCUT2D eigenvalue weighted by Crippen LogP contribution is 2.29. The molecule has 0 fully saturated rings. The minimum Gasteiger partial charge on any atom is -0.423 e. The number of hydrogen-bond acceptors (Lipinski definition) is 10. The Morgan fingerprint density at radius 3 is 1.03 bits per heavy atom. The Bertz CT molecular complexity index is 1240. The van der Waals surface area contributed by atoms with E-state index >= 15 is 0 Å². The van der Waals surface area contributed by atoms with Crippen LogP contribution in [-0.2, 0) is 24.0 Å². The minimum absolute atomic E-state index is 0.0118. The third-order valence-corrected chi connectivity index (χ3v) is 3.93. The molecule has 0 unspecified atom stereocenters. The molecule has 0 saturated carbocycles. The normalized spacial score (nSPS) is 9.95. The molecule has 0 atom stereocenters. The van der Waals surface area contributed by atoms with Gasteiger partial charge in [-0.15, -0.1) is 0 Å². The zero-order chi connectivity index (χ0) is 27.4. The second-order valence-electron chi connectivity index (χ2n) is 6.63. The van der Waals surface area contributed by atoms with Gasteiger partial charge in [0.2, 0.25) is 0 Å². The van der Waals surface area contributed by atoms with E-state index in [0.29, 0.717) is 5.56 Å². The summed E-state index contributed by atoms with van der Waals surface area (Å²) in [5, 5.41) is 0. The van der Waals surface area contributed by atoms with Crippen LogP contribution in [0.4, 0.5) is 0 Å². The van der Waals surface area contributed by atoms with Gasteiger partial charge in [0, 0.05) is 54.6 Å². The van der Waals surface area contributed by atoms with Gasteiger partial charge in [-0.1, -0.05) is 26.3 Å². The van der Waals surface area contributed by atoms with E-state index in [0.717, 1.165) is 30.4 Å². The van der Waals surface area contributed by atoms with Crippen LogP contribution >= 0.6 is 0 Å². The largest absolute Gasteiger partial charge is 0.423 e. The van der Waals surface area contributed by atoms with E-state index in [1.165, 1.54) is 42.5 Å². The van der Waals surface area contributed by atoms with Crippen molar-refractivity contribution in [1.82, 2.24) is 0 Å². The van der Waals surface area contributed by atoms with Crippen LogP contribution in [0.15, 0.2) is 93.1 Å². The van der Waals surface area contributed by atoms with Gasteiger partial charge in [-0.2, -0.15) is 0 Å². The van der Waals surface area contributed by atoms with Crippen LogP contribution in [0.25, 0.3) is 6.08 Å². The van der Waals surface area contributed by atoms with Crippen molar-refractivity contribution in [2.75, 3.05) is 0 Å². The third-order valence-electron chi connectivity index (χ3n) is 3.93. The van der Waals surface area contributed by atoms with Crippen molar-refractivity contribution in [3.63, 3.8) is 0 Å². The molecule has 10 nitrogen and oxygen atoms in total. The highest BCUT2D eigenvalue weighted by atomic mass is 16.6. The number of carbonyl (C=O) groups is 5. The summed E-state index contributed by atoms with van der Waals surface area (Å²) in [6, 6.07) is 7.69. The monoisotopic (exact) mass is 504 g/mol. The lowest BCUT2D eigenvalue weighted by Gasteiger charge is -2.09. The minimum atomic E-state index is -0.883. The molecule has 0 aliphatic rings. The number of esters is 5. The molecule has 0 bridgehead atoms. The van der Waals surface area contributed by atoms with Gasteiger partial charge in [0.25, 0.3) is 0 Å². The first kappa shape index (κ1) is 27.7. The molecule has 0 radical (unpaired) electrons. The molecule has 0 aliphatic heterocycles. The molecule has 2 aromatic rings. The second kappa shape index (κ2) is 13.4. The molecule has 37 heavy (non-hydrogen) atoms. The third kappa shape index (κ3) is 9.33. The predicted octanol–water partition coefficient (Wildman–Crippen LogP) is 3.67. The summed E-state index contributed by atoms with van der Waals surface area (Å²) >= 11 is 0. The maximum atomic E-state index is 12.4. The zero-order valence-electron chi connectivity index (χ0n) is 19.3. The molecule has 2 rings (SSSR count). The summed E-state index contributed by atoms with van der Waals surface area (Å²) in [6.07, 6.45) is 6.02. The quantitative estimate of drug-likeness (QED) is 0.254. The van der Waals surface area contributed by atoms with E-state index in [-0.39, 0.29) is 28.7 Å². The average Bonchev–Trinajstić information content (AvgIpc) is 2.86. The van der Waals surface area contributed by atoms with Gasteiger partial charge < -0.3 is 23.7 Å². The molecule has 10 heteroatoms. The van der Waals surface area contributed by atoms with Crippen molar-refractivity contribution in [3.8, 4) is 28.7 Å². The van der Waals surface area contributed by atoms with E-state index in [9.17, 15) is 24.0 Å². The van der Waals surface area contributed by atoms with E-state index in [2.05, 4.69) is 26.3 Å². The Hall–Kier alpha value is -5.51. The molecule has 0 spiro atoms. The van der Waals surface area contributed by atoms with Gasteiger partial charge in [0.05, 0.1) is 0 Å². The standard InChI is InChI=1S/C27H20O10/c1-5-23(28)33-18-11-17(12-19(13-18)34-24(29)6-2)9-10-27(32)37-22-15-20(35-25(30)7-3)14-21(16-22)36-26(31)8-4/h5-16H,1-4H2/b10-9+. The topological polar surface area (TPSA) is 132 Å². The second-order valence-corrected chi connectivity index (χ2v) is 6.63. The lowest BCUT2D eigenvalue weighted by molar-refractivity contribution is -0.130. The zero-order valence-corrected chi connectivity index (χ0v) is 19.3. The molecular formula is C27H20O10. The highest BCUT2D eigenvalue weighted by Gasteiger charge is 2.12. The Balaban J connectivity index is 2.30. The molecule has 0 aromatic heterocycles. The molecule has 0 amide bonds. The lowest BCUT2D eigenvalue weighted by Crippen LogP contribution is -2.08. The van der Waals surface area contributed by atoms with Crippen molar-refractivity contribution in [2.24, 2.45) is 0 Å². The summed E-state index contributed by atoms with van der Waals surface area (Å²) in [5.74, 6) is -4.26. The van der Waals surface area contributed by atoms with Crippen LogP contribution in [0.1, 0.15) is 5.56 Å². The maximum absolute atomic E-state index is 12.4. The number of carbonyl (C=O) groups excluding carboxylic acids is 5. The smallest absolute Gasteiger partial charge is 0.336 e. The van der Waals surface area contributed by atoms with Crippen LogP contribution in [0.3, 0.4) is 0 Å². The van der Waals surface area contributed by atoms with Crippen LogP contribution < -0.4 is 23.7 Å². The van der Waals surface area contributed by atoms with E-state index < -0.39 is 29.8 Å². The van der Waals surface area contributed by atoms with Gasteiger partial charge >= 0.3 is 29.8 Å². The number of ether oxygens (including phenoxy) is 5. The molecule has 0 aliphatic carbocycles. The fraction of sp³-hybridized carbons (Fsp3) is 0. The van der Waals surface area contributed by atoms with Gasteiger partial charge in [0.15, 0.2) is 0 Å². The lowest BCUT2D eigenvalue weighted by atomic mass is 10.2. The molecule has 2 aromatic carbocycles. The first-order valence-corrected chi connectivity index (χ1v) is 10.2. The summed E-state index contributed by atoms with van der Waals surface area (Å²) in [4.78, 5) is 58.6. The van der Waals surface area contributed by atoms with Crippen molar-refractivity contribution in [2.45, 2.75) is 0 Å². The first-order valence-electron chi connectivity index (χ1n) is 10.2. The van der Waals surface area contributed by atoms with Gasteiger partial charge in [0.1, 0.15) is 28.7 Å². The predicted molar refractivity (Wildman–Crippen MR) is 131 cm³/mol. The maximum Gasteiger partial charge on any atom is 0.336 e. The SMILES string of the molecule is C=CC(=O)Oc1cc(/C=C/C(=O)Oc2cc(OC(=O)C=C)cc(OC(=O)C=C)c2)cc(OC(=O)C=C)c1. The highest BCUT2D eigenvalue weighted by molar-refractivity contribution is 5.90. The van der Waals surface area contributed by atoms with Crippen LogP contribution in [0, 0.1) is 0 Å². The van der Waals surface area contributed by atoms with E-state index in [1.807, 2.05) is 0 Å². The van der Waals surface area contributed by atoms with Gasteiger partial charge in [-0.25, -0.2) is 24.0 Å². The summed E-state index contributed by atoms with van der Waals surface area (Å²) in [7, 11) is 0. The Kier molecular flexibility index (Phi) is 10.0. The van der Waals surface area contributed by atoms with Crippen LogP contribution in [0.5, 0.6) is 28.7 Å². The molecule has 0 saturated heterocycles. The summed E-state index contributed by atoms with van der Waals surface area (Å²) in [5.41, 5.74) is 0.299. The number of hydrogen-bond donors (Lipinski definition) is 0. The van der Waals surface area contributed by atoms with Crippen molar-refractivity contribution in [3.05, 3.63) is 98.7 Å². The van der Waals surface area contributed by atoms with E-state index in [4.69, 9.17) is 23.7 Å². The summed E-state index contributed by atoms with van der Waals surface area (Å²) < 4.78 is 25.3. The van der Waals surface area contributed by atoms with E-state index in [1.54, 1.807) is 0 Å².